The molecule has 0 aliphatic carbocycles. The first-order valence-corrected chi connectivity index (χ1v) is 11.7. The van der Waals surface area contributed by atoms with E-state index in [4.69, 9.17) is 0 Å². The zero-order chi connectivity index (χ0) is 19.4. The second kappa shape index (κ2) is 11.4. The minimum Gasteiger partial charge on any atom is -0.0980 e. The molecule has 0 N–H and O–H groups in total. The zero-order valence-corrected chi connectivity index (χ0v) is 17.7. The van der Waals surface area contributed by atoms with Crippen LogP contribution in [0.1, 0.15) is 0 Å². The highest BCUT2D eigenvalue weighted by Crippen LogP contribution is 2.33. The van der Waals surface area contributed by atoms with E-state index < -0.39 is 0 Å². The Morgan fingerprint density at radius 3 is 1.14 bits per heavy atom. The van der Waals surface area contributed by atoms with Gasteiger partial charge in [0.25, 0.3) is 0 Å². The second-order valence-corrected chi connectivity index (χ2v) is 9.62. The van der Waals surface area contributed by atoms with Crippen molar-refractivity contribution in [2.24, 2.45) is 0 Å². The smallest absolute Gasteiger partial charge is 0.0157 e. The van der Waals surface area contributed by atoms with Crippen molar-refractivity contribution < 1.29 is 0 Å². The molecule has 2 heteroatoms. The molecule has 0 saturated heterocycles. The Kier molecular flexibility index (Phi) is 8.20. The molecule has 0 aliphatic heterocycles. The van der Waals surface area contributed by atoms with Gasteiger partial charge in [-0.15, -0.1) is 0 Å². The summed E-state index contributed by atoms with van der Waals surface area (Å²) in [7, 11) is 0.392. The maximum absolute atomic E-state index is 3.94. The standard InChI is InChI=1S/C14H13P.C12H11P/c1-2-15(13-9-5-3-6-10-13)14-11-7-4-8-12-14;1-3-7-11(8-4-1)13-12-9-5-2-6-10-12/h2-12H,1H2;1-10,13H. The third-order valence-corrected chi connectivity index (χ3v) is 7.41. The molecular formula is C26H24P2. The minimum atomic E-state index is -0.385. The van der Waals surface area contributed by atoms with Gasteiger partial charge in [0.05, 0.1) is 0 Å². The van der Waals surface area contributed by atoms with Gasteiger partial charge in [0.1, 0.15) is 0 Å². The first-order valence-electron chi connectivity index (χ1n) is 9.26. The molecule has 0 fully saturated rings. The van der Waals surface area contributed by atoms with Crippen LogP contribution in [0.15, 0.2) is 134 Å². The lowest BCUT2D eigenvalue weighted by Crippen LogP contribution is -2.08. The number of rotatable bonds is 5. The molecule has 0 saturated carbocycles. The van der Waals surface area contributed by atoms with Gasteiger partial charge >= 0.3 is 0 Å². The average Bonchev–Trinajstić information content (AvgIpc) is 2.78. The lowest BCUT2D eigenvalue weighted by atomic mass is 10.4. The van der Waals surface area contributed by atoms with Crippen molar-refractivity contribution in [3.05, 3.63) is 134 Å². The largest absolute Gasteiger partial charge is 0.0980 e. The van der Waals surface area contributed by atoms with E-state index >= 15 is 0 Å². The molecule has 0 bridgehead atoms. The lowest BCUT2D eigenvalue weighted by Gasteiger charge is -2.13. The highest BCUT2D eigenvalue weighted by Gasteiger charge is 2.07. The predicted octanol–water partition coefficient (Wildman–Crippen LogP) is 5.58. The van der Waals surface area contributed by atoms with Crippen LogP contribution in [0.4, 0.5) is 0 Å². The molecule has 0 radical (unpaired) electrons. The van der Waals surface area contributed by atoms with E-state index in [0.29, 0.717) is 0 Å². The molecule has 4 rings (SSSR count). The molecule has 138 valence electrons. The van der Waals surface area contributed by atoms with Gasteiger partial charge in [-0.3, -0.25) is 0 Å². The molecule has 0 aromatic heterocycles. The summed E-state index contributed by atoms with van der Waals surface area (Å²) < 4.78 is 0. The Hall–Kier alpha value is -2.52. The van der Waals surface area contributed by atoms with Gasteiger partial charge in [0, 0.05) is 0 Å². The molecule has 4 aromatic rings. The van der Waals surface area contributed by atoms with Crippen LogP contribution in [-0.4, -0.2) is 0 Å². The first-order chi connectivity index (χ1) is 13.9. The van der Waals surface area contributed by atoms with Crippen LogP contribution in [0.5, 0.6) is 0 Å². The van der Waals surface area contributed by atoms with E-state index in [-0.39, 0.29) is 7.92 Å². The number of hydrogen-bond acceptors (Lipinski definition) is 0. The summed E-state index contributed by atoms with van der Waals surface area (Å²) in [6.07, 6.45) is 0. The molecule has 28 heavy (non-hydrogen) atoms. The summed E-state index contributed by atoms with van der Waals surface area (Å²) in [6, 6.07) is 42.2. The molecule has 0 aliphatic rings. The van der Waals surface area contributed by atoms with E-state index in [2.05, 4.69) is 122 Å². The van der Waals surface area contributed by atoms with Crippen molar-refractivity contribution in [3.8, 4) is 0 Å². The summed E-state index contributed by atoms with van der Waals surface area (Å²) in [5.41, 5.74) is 0. The van der Waals surface area contributed by atoms with E-state index in [9.17, 15) is 0 Å². The Bertz CT molecular complexity index is 860. The Morgan fingerprint density at radius 2 is 0.821 bits per heavy atom. The van der Waals surface area contributed by atoms with E-state index in [1.54, 1.807) is 0 Å². The summed E-state index contributed by atoms with van der Waals surface area (Å²) in [4.78, 5) is 0. The molecule has 0 unspecified atom stereocenters. The van der Waals surface area contributed by atoms with Crippen molar-refractivity contribution in [2.75, 3.05) is 0 Å². The minimum absolute atomic E-state index is 0.385. The van der Waals surface area contributed by atoms with Crippen LogP contribution in [0.2, 0.25) is 0 Å². The highest BCUT2D eigenvalue weighted by molar-refractivity contribution is 7.75. The Labute approximate surface area is 171 Å². The van der Waals surface area contributed by atoms with Crippen molar-refractivity contribution in [2.45, 2.75) is 0 Å². The molecule has 0 nitrogen and oxygen atoms in total. The molecule has 0 amide bonds. The maximum Gasteiger partial charge on any atom is -0.0157 e. The molecule has 0 atom stereocenters. The number of benzene rings is 4. The highest BCUT2D eigenvalue weighted by atomic mass is 31.1. The topological polar surface area (TPSA) is 0 Å². The van der Waals surface area contributed by atoms with Crippen molar-refractivity contribution in [1.29, 1.82) is 0 Å². The summed E-state index contributed by atoms with van der Waals surface area (Å²) >= 11 is 0. The monoisotopic (exact) mass is 398 g/mol. The van der Waals surface area contributed by atoms with Gasteiger partial charge in [0.15, 0.2) is 0 Å². The van der Waals surface area contributed by atoms with Crippen LogP contribution in [0, 0.1) is 0 Å². The maximum atomic E-state index is 3.94. The summed E-state index contributed by atoms with van der Waals surface area (Å²) in [6.45, 7) is 3.94. The molecular weight excluding hydrogens is 374 g/mol. The average molecular weight is 398 g/mol. The molecule has 0 spiro atoms. The van der Waals surface area contributed by atoms with Crippen LogP contribution >= 0.6 is 16.5 Å². The van der Waals surface area contributed by atoms with Crippen LogP contribution in [0.3, 0.4) is 0 Å². The fourth-order valence-corrected chi connectivity index (χ4v) is 5.50. The van der Waals surface area contributed by atoms with Crippen molar-refractivity contribution in [1.82, 2.24) is 0 Å². The summed E-state index contributed by atoms with van der Waals surface area (Å²) in [5, 5.41) is 5.50. The van der Waals surface area contributed by atoms with E-state index in [1.165, 1.54) is 21.2 Å². The second-order valence-electron chi connectivity index (χ2n) is 6.08. The number of hydrogen-bond donors (Lipinski definition) is 0. The quantitative estimate of drug-likeness (QED) is 0.385. The van der Waals surface area contributed by atoms with Crippen LogP contribution < -0.4 is 21.2 Å². The Morgan fingerprint density at radius 1 is 0.500 bits per heavy atom. The lowest BCUT2D eigenvalue weighted by molar-refractivity contribution is 1.75. The van der Waals surface area contributed by atoms with Gasteiger partial charge in [0.2, 0.25) is 0 Å². The predicted molar refractivity (Wildman–Crippen MR) is 130 cm³/mol. The zero-order valence-electron chi connectivity index (χ0n) is 15.8. The van der Waals surface area contributed by atoms with Gasteiger partial charge in [-0.1, -0.05) is 142 Å². The van der Waals surface area contributed by atoms with E-state index in [0.717, 1.165) is 8.58 Å². The van der Waals surface area contributed by atoms with Gasteiger partial charge in [-0.2, -0.15) is 0 Å². The van der Waals surface area contributed by atoms with Crippen molar-refractivity contribution >= 4 is 37.7 Å². The normalized spacial score (nSPS) is 10.0. The van der Waals surface area contributed by atoms with Gasteiger partial charge in [-0.25, -0.2) is 0 Å². The Balaban J connectivity index is 0.000000162. The molecule has 0 heterocycles. The van der Waals surface area contributed by atoms with Gasteiger partial charge < -0.3 is 0 Å². The van der Waals surface area contributed by atoms with Crippen molar-refractivity contribution in [3.63, 3.8) is 0 Å². The van der Waals surface area contributed by atoms with E-state index in [1.807, 2.05) is 12.1 Å². The fraction of sp³-hybridized carbons (Fsp3) is 0. The molecule has 4 aromatic carbocycles. The third kappa shape index (κ3) is 6.28. The SMILES string of the molecule is C=CP(c1ccccc1)c1ccccc1.c1ccc(Pc2ccccc2)cc1. The third-order valence-electron chi connectivity index (χ3n) is 4.09. The van der Waals surface area contributed by atoms with Crippen LogP contribution in [0.25, 0.3) is 0 Å². The van der Waals surface area contributed by atoms with Crippen LogP contribution in [-0.2, 0) is 0 Å². The summed E-state index contributed by atoms with van der Waals surface area (Å²) in [5.74, 6) is 2.06. The van der Waals surface area contributed by atoms with Gasteiger partial charge in [-0.05, 0) is 29.1 Å². The first kappa shape index (κ1) is 20.2. The fourth-order valence-electron chi connectivity index (χ4n) is 2.75.